The van der Waals surface area contributed by atoms with E-state index in [0.717, 1.165) is 22.7 Å². The molecule has 27 heavy (non-hydrogen) atoms. The van der Waals surface area contributed by atoms with Gasteiger partial charge in [0.2, 0.25) is 0 Å². The van der Waals surface area contributed by atoms with Crippen molar-refractivity contribution in [1.82, 2.24) is 9.38 Å². The topological polar surface area (TPSA) is 17.3 Å². The molecule has 0 radical (unpaired) electrons. The van der Waals surface area contributed by atoms with Gasteiger partial charge in [-0.2, -0.15) is 0 Å². The van der Waals surface area contributed by atoms with Crippen molar-refractivity contribution in [2.75, 3.05) is 0 Å². The third-order valence-electron chi connectivity index (χ3n) is 9.02. The molecule has 2 heterocycles. The van der Waals surface area contributed by atoms with Crippen LogP contribution < -0.4 is 0 Å². The first-order valence-electron chi connectivity index (χ1n) is 10.9. The van der Waals surface area contributed by atoms with E-state index >= 15 is 0 Å². The molecule has 0 aliphatic heterocycles. The number of fused-ring (bicyclic) bond motifs is 6. The highest BCUT2D eigenvalue weighted by Crippen LogP contribution is 2.66. The van der Waals surface area contributed by atoms with Gasteiger partial charge in [0.05, 0.1) is 11.9 Å². The van der Waals surface area contributed by atoms with E-state index in [2.05, 4.69) is 53.2 Å². The van der Waals surface area contributed by atoms with Gasteiger partial charge >= 0.3 is 0 Å². The van der Waals surface area contributed by atoms with Crippen LogP contribution >= 0.6 is 11.3 Å². The molecule has 2 saturated carbocycles. The lowest BCUT2D eigenvalue weighted by Gasteiger charge is -2.57. The van der Waals surface area contributed by atoms with Gasteiger partial charge in [-0.05, 0) is 79.1 Å². The molecule has 0 N–H and O–H groups in total. The van der Waals surface area contributed by atoms with Crippen LogP contribution in [0.3, 0.4) is 0 Å². The summed E-state index contributed by atoms with van der Waals surface area (Å²) in [5.41, 5.74) is 5.59. The Morgan fingerprint density at radius 3 is 2.93 bits per heavy atom. The zero-order chi connectivity index (χ0) is 18.2. The molecule has 2 nitrogen and oxygen atoms in total. The number of thiazole rings is 1. The second kappa shape index (κ2) is 5.59. The van der Waals surface area contributed by atoms with Crippen molar-refractivity contribution >= 4 is 21.9 Å². The van der Waals surface area contributed by atoms with Crippen LogP contribution in [0.25, 0.3) is 10.5 Å². The van der Waals surface area contributed by atoms with Crippen LogP contribution in [-0.4, -0.2) is 9.38 Å². The van der Waals surface area contributed by atoms with Gasteiger partial charge in [0.15, 0.2) is 4.96 Å². The van der Waals surface area contributed by atoms with Crippen LogP contribution in [0.15, 0.2) is 35.5 Å². The number of hydrogen-bond donors (Lipinski definition) is 0. The molecule has 2 aromatic heterocycles. The van der Waals surface area contributed by atoms with Crippen molar-refractivity contribution in [3.8, 4) is 0 Å². The number of nitrogens with zero attached hydrogens (tertiary/aromatic N) is 2. The Balaban J connectivity index is 1.38. The smallest absolute Gasteiger partial charge is 0.194 e. The number of imidazole rings is 1. The highest BCUT2D eigenvalue weighted by Gasteiger charge is 2.56. The molecule has 3 unspecified atom stereocenters. The highest BCUT2D eigenvalue weighted by molar-refractivity contribution is 7.15. The summed E-state index contributed by atoms with van der Waals surface area (Å²) in [6.45, 7) is 5.19. The quantitative estimate of drug-likeness (QED) is 0.502. The third-order valence-corrected chi connectivity index (χ3v) is 9.79. The molecule has 6 rings (SSSR count). The van der Waals surface area contributed by atoms with Crippen LogP contribution in [-0.2, 0) is 0 Å². The van der Waals surface area contributed by atoms with Crippen molar-refractivity contribution in [2.45, 2.75) is 65.2 Å². The summed E-state index contributed by atoms with van der Waals surface area (Å²) in [5, 5.41) is 2.16. The Kier molecular flexibility index (Phi) is 3.44. The summed E-state index contributed by atoms with van der Waals surface area (Å²) in [4.78, 5) is 5.80. The van der Waals surface area contributed by atoms with Crippen LogP contribution in [0, 0.1) is 28.6 Å². The second-order valence-corrected chi connectivity index (χ2v) is 10.8. The van der Waals surface area contributed by atoms with Crippen molar-refractivity contribution in [3.05, 3.63) is 41.2 Å². The molecule has 142 valence electrons. The Bertz CT molecular complexity index is 962. The van der Waals surface area contributed by atoms with Crippen molar-refractivity contribution in [3.63, 3.8) is 0 Å². The van der Waals surface area contributed by atoms with E-state index in [1.54, 1.807) is 16.9 Å². The standard InChI is InChI=1S/C24H30N2S/c1-23-11-4-3-5-16(23)6-7-17-18-8-9-20(24(18,2)12-10-19(17)23)21-15-25-22-26(21)13-14-27-22/h6,9,13-15,17-19H,3-5,7-8,10-12H2,1-2H3/t17?,18?,19?,23-,24-/m0/s1. The lowest BCUT2D eigenvalue weighted by atomic mass is 9.47. The average Bonchev–Trinajstić information content (AvgIpc) is 3.35. The predicted octanol–water partition coefficient (Wildman–Crippen LogP) is 6.74. The zero-order valence-electron chi connectivity index (χ0n) is 16.6. The first-order valence-corrected chi connectivity index (χ1v) is 11.8. The fraction of sp³-hybridized carbons (Fsp3) is 0.625. The first-order chi connectivity index (χ1) is 13.1. The van der Waals surface area contributed by atoms with E-state index in [4.69, 9.17) is 0 Å². The van der Waals surface area contributed by atoms with E-state index in [-0.39, 0.29) is 0 Å². The molecule has 4 aliphatic carbocycles. The minimum Gasteiger partial charge on any atom is -0.291 e. The van der Waals surface area contributed by atoms with Crippen LogP contribution in [0.1, 0.15) is 70.9 Å². The van der Waals surface area contributed by atoms with Gasteiger partial charge in [-0.25, -0.2) is 4.98 Å². The van der Waals surface area contributed by atoms with E-state index < -0.39 is 0 Å². The summed E-state index contributed by atoms with van der Waals surface area (Å²) in [6.07, 6.45) is 20.6. The molecule has 0 aromatic carbocycles. The average molecular weight is 379 g/mol. The van der Waals surface area contributed by atoms with E-state index in [0.29, 0.717) is 10.8 Å². The monoisotopic (exact) mass is 378 g/mol. The molecule has 2 fully saturated rings. The molecular formula is C24H30N2S. The van der Waals surface area contributed by atoms with Gasteiger partial charge < -0.3 is 0 Å². The van der Waals surface area contributed by atoms with Gasteiger partial charge in [-0.15, -0.1) is 11.3 Å². The Morgan fingerprint density at radius 1 is 1.07 bits per heavy atom. The van der Waals surface area contributed by atoms with Gasteiger partial charge in [0.1, 0.15) is 0 Å². The maximum atomic E-state index is 4.67. The maximum absolute atomic E-state index is 4.67. The highest BCUT2D eigenvalue weighted by atomic mass is 32.1. The molecule has 2 aromatic rings. The summed E-state index contributed by atoms with van der Waals surface area (Å²) in [7, 11) is 0. The molecule has 4 aliphatic rings. The van der Waals surface area contributed by atoms with Gasteiger partial charge in [0, 0.05) is 11.6 Å². The second-order valence-electron chi connectivity index (χ2n) is 9.98. The number of hydrogen-bond acceptors (Lipinski definition) is 2. The van der Waals surface area contributed by atoms with Gasteiger partial charge in [0.25, 0.3) is 0 Å². The van der Waals surface area contributed by atoms with Crippen molar-refractivity contribution < 1.29 is 0 Å². The van der Waals surface area contributed by atoms with Gasteiger partial charge in [-0.3, -0.25) is 4.40 Å². The normalized spacial score (nSPS) is 40.9. The lowest BCUT2D eigenvalue weighted by Crippen LogP contribution is -2.48. The molecule has 0 bridgehead atoms. The number of allylic oxidation sites excluding steroid dienone is 4. The lowest BCUT2D eigenvalue weighted by molar-refractivity contribution is -0.00988. The largest absolute Gasteiger partial charge is 0.291 e. The van der Waals surface area contributed by atoms with Crippen LogP contribution in [0.5, 0.6) is 0 Å². The van der Waals surface area contributed by atoms with Crippen molar-refractivity contribution in [2.24, 2.45) is 28.6 Å². The Labute approximate surface area is 166 Å². The fourth-order valence-electron chi connectivity index (χ4n) is 7.59. The SMILES string of the molecule is C[C@]12CCCCC1=CCC1C2CC[C@]2(C)C(c3cnc4sccn34)=CCC12. The minimum atomic E-state index is 0.329. The number of rotatable bonds is 1. The molecule has 0 saturated heterocycles. The van der Waals surface area contributed by atoms with Crippen LogP contribution in [0.2, 0.25) is 0 Å². The summed E-state index contributed by atoms with van der Waals surface area (Å²) in [5.74, 6) is 2.59. The molecular weight excluding hydrogens is 348 g/mol. The fourth-order valence-corrected chi connectivity index (χ4v) is 8.28. The predicted molar refractivity (Wildman–Crippen MR) is 113 cm³/mol. The third kappa shape index (κ3) is 2.10. The Morgan fingerprint density at radius 2 is 2.00 bits per heavy atom. The zero-order valence-corrected chi connectivity index (χ0v) is 17.4. The van der Waals surface area contributed by atoms with E-state index in [1.807, 2.05) is 5.57 Å². The first kappa shape index (κ1) is 16.6. The number of aromatic nitrogens is 2. The minimum absolute atomic E-state index is 0.329. The molecule has 0 spiro atoms. The van der Waals surface area contributed by atoms with Crippen LogP contribution in [0.4, 0.5) is 0 Å². The summed E-state index contributed by atoms with van der Waals surface area (Å²) >= 11 is 1.74. The molecule has 0 amide bonds. The summed E-state index contributed by atoms with van der Waals surface area (Å²) < 4.78 is 2.32. The van der Waals surface area contributed by atoms with Gasteiger partial charge in [-0.1, -0.05) is 38.0 Å². The van der Waals surface area contributed by atoms with E-state index in [1.165, 1.54) is 57.1 Å². The molecule has 3 heteroatoms. The summed E-state index contributed by atoms with van der Waals surface area (Å²) in [6, 6.07) is 0. The Hall–Kier alpha value is -1.35. The molecule has 5 atom stereocenters. The maximum Gasteiger partial charge on any atom is 0.194 e. The van der Waals surface area contributed by atoms with Crippen molar-refractivity contribution in [1.29, 1.82) is 0 Å². The van der Waals surface area contributed by atoms with E-state index in [9.17, 15) is 0 Å².